The molecule has 206 valence electrons. The quantitative estimate of drug-likeness (QED) is 0.298. The number of aromatic nitrogens is 4. The predicted molar refractivity (Wildman–Crippen MR) is 141 cm³/mol. The first-order valence-corrected chi connectivity index (χ1v) is 13.0. The van der Waals surface area contributed by atoms with Crippen LogP contribution in [0, 0.1) is 0 Å². The van der Waals surface area contributed by atoms with Crippen LogP contribution in [-0.2, 0) is 11.3 Å². The minimum atomic E-state index is -3.79. The average Bonchev–Trinajstić information content (AvgIpc) is 3.50. The number of carbonyl (C=O) groups excluding carboxylic acids is 2. The van der Waals surface area contributed by atoms with Crippen molar-refractivity contribution in [3.63, 3.8) is 0 Å². The molecule has 0 radical (unpaired) electrons. The zero-order chi connectivity index (χ0) is 28.2. The number of ether oxygens (including phenoxy) is 2. The Morgan fingerprint density at radius 1 is 1.18 bits per heavy atom. The van der Waals surface area contributed by atoms with Gasteiger partial charge in [0.1, 0.15) is 23.3 Å². The zero-order valence-electron chi connectivity index (χ0n) is 21.1. The number of nitrogens with one attached hydrogen (secondary N) is 1. The fraction of sp³-hybridized carbons (Fsp3) is 0.296. The number of ketones is 1. The number of amides is 1. The van der Waals surface area contributed by atoms with Gasteiger partial charge < -0.3 is 19.4 Å². The average molecular weight is 570 g/mol. The number of hydrogen-bond acceptors (Lipinski definition) is 7. The predicted octanol–water partition coefficient (Wildman–Crippen LogP) is 4.94. The number of halogens is 3. The second-order valence-corrected chi connectivity index (χ2v) is 10.1. The van der Waals surface area contributed by atoms with Crippen LogP contribution in [0.3, 0.4) is 0 Å². The van der Waals surface area contributed by atoms with E-state index in [1.807, 2.05) is 6.92 Å². The maximum atomic E-state index is 13.6. The lowest BCUT2D eigenvalue weighted by Crippen LogP contribution is -2.39. The number of benzene rings is 2. The van der Waals surface area contributed by atoms with Gasteiger partial charge >= 0.3 is 6.29 Å². The third-order valence-electron chi connectivity index (χ3n) is 6.63. The summed E-state index contributed by atoms with van der Waals surface area (Å²) in [4.78, 5) is 47.9. The molecule has 1 fully saturated rings. The van der Waals surface area contributed by atoms with Gasteiger partial charge in [-0.2, -0.15) is 5.10 Å². The Hall–Kier alpha value is -4.32. The summed E-state index contributed by atoms with van der Waals surface area (Å²) in [7, 11) is 0. The molecule has 0 unspecified atom stereocenters. The highest BCUT2D eigenvalue weighted by atomic mass is 35.5. The van der Waals surface area contributed by atoms with Crippen LogP contribution in [0.5, 0.6) is 11.5 Å². The van der Waals surface area contributed by atoms with E-state index >= 15 is 0 Å². The van der Waals surface area contributed by atoms with Crippen molar-refractivity contribution in [3.05, 3.63) is 63.7 Å². The maximum absolute atomic E-state index is 13.6. The summed E-state index contributed by atoms with van der Waals surface area (Å²) in [6.07, 6.45) is -0.0205. The van der Waals surface area contributed by atoms with Crippen LogP contribution in [0.15, 0.2) is 47.5 Å². The molecule has 13 heteroatoms. The second-order valence-electron chi connectivity index (χ2n) is 9.63. The SMILES string of the molecule is CCCC(=O)c1cc(Cl)cc(-c2nn(CC(=O)N(c3ccc4c(c3)OC(F)(F)O4)C3CC3)c(=O)c3[nH]cnc23)c1. The van der Waals surface area contributed by atoms with Crippen molar-refractivity contribution in [1.82, 2.24) is 19.7 Å². The number of H-pyrrole nitrogens is 1. The van der Waals surface area contributed by atoms with Crippen molar-refractivity contribution in [1.29, 1.82) is 0 Å². The molecule has 2 aromatic carbocycles. The number of aromatic amines is 1. The highest BCUT2D eigenvalue weighted by Gasteiger charge is 2.44. The number of hydrogen-bond donors (Lipinski definition) is 1. The fourth-order valence-corrected chi connectivity index (χ4v) is 4.96. The molecule has 1 amide bonds. The first-order valence-electron chi connectivity index (χ1n) is 12.6. The number of alkyl halides is 2. The third-order valence-corrected chi connectivity index (χ3v) is 6.85. The molecular weight excluding hydrogens is 548 g/mol. The van der Waals surface area contributed by atoms with Gasteiger partial charge in [-0.25, -0.2) is 9.67 Å². The van der Waals surface area contributed by atoms with Gasteiger partial charge in [-0.1, -0.05) is 18.5 Å². The van der Waals surface area contributed by atoms with Crippen molar-refractivity contribution >= 4 is 40.0 Å². The van der Waals surface area contributed by atoms with E-state index < -0.39 is 24.3 Å². The van der Waals surface area contributed by atoms with Crippen LogP contribution in [0.1, 0.15) is 43.0 Å². The Bertz CT molecular complexity index is 1730. The van der Waals surface area contributed by atoms with E-state index in [9.17, 15) is 23.2 Å². The van der Waals surface area contributed by atoms with Crippen LogP contribution < -0.4 is 19.9 Å². The normalized spacial score (nSPS) is 15.4. The Kier molecular flexibility index (Phi) is 6.29. The summed E-state index contributed by atoms with van der Waals surface area (Å²) < 4.78 is 37.1. The summed E-state index contributed by atoms with van der Waals surface area (Å²) >= 11 is 6.33. The second kappa shape index (κ2) is 9.70. The highest BCUT2D eigenvalue weighted by molar-refractivity contribution is 6.31. The van der Waals surface area contributed by atoms with Crippen LogP contribution in [-0.4, -0.2) is 43.8 Å². The number of Topliss-reactive ketones (excluding diaryl/α,β-unsaturated/α-hetero) is 1. The van der Waals surface area contributed by atoms with E-state index in [1.54, 1.807) is 18.2 Å². The van der Waals surface area contributed by atoms with E-state index in [-0.39, 0.29) is 40.1 Å². The van der Waals surface area contributed by atoms with Crippen molar-refractivity contribution < 1.29 is 27.8 Å². The topological polar surface area (TPSA) is 119 Å². The minimum Gasteiger partial charge on any atom is -0.395 e. The highest BCUT2D eigenvalue weighted by Crippen LogP contribution is 2.44. The monoisotopic (exact) mass is 569 g/mol. The van der Waals surface area contributed by atoms with E-state index in [2.05, 4.69) is 24.5 Å². The van der Waals surface area contributed by atoms with E-state index in [0.717, 1.165) is 4.68 Å². The Morgan fingerprint density at radius 2 is 1.95 bits per heavy atom. The lowest BCUT2D eigenvalue weighted by Gasteiger charge is -2.23. The number of anilines is 1. The van der Waals surface area contributed by atoms with Crippen molar-refractivity contribution in [3.8, 4) is 22.8 Å². The number of carbonyl (C=O) groups is 2. The molecule has 0 spiro atoms. The van der Waals surface area contributed by atoms with Gasteiger partial charge in [-0.15, -0.1) is 8.78 Å². The molecule has 10 nitrogen and oxygen atoms in total. The van der Waals surface area contributed by atoms with Crippen molar-refractivity contribution in [2.75, 3.05) is 4.90 Å². The van der Waals surface area contributed by atoms with Gasteiger partial charge in [0.15, 0.2) is 17.3 Å². The smallest absolute Gasteiger partial charge is 0.395 e. The Morgan fingerprint density at radius 3 is 2.70 bits per heavy atom. The molecule has 1 aliphatic heterocycles. The molecule has 3 heterocycles. The first kappa shape index (κ1) is 25.9. The van der Waals surface area contributed by atoms with E-state index in [4.69, 9.17) is 11.6 Å². The number of imidazole rings is 1. The van der Waals surface area contributed by atoms with Crippen LogP contribution in [0.25, 0.3) is 22.3 Å². The first-order chi connectivity index (χ1) is 19.1. The molecule has 0 atom stereocenters. The fourth-order valence-electron chi connectivity index (χ4n) is 4.72. The summed E-state index contributed by atoms with van der Waals surface area (Å²) in [5, 5.41) is 4.77. The van der Waals surface area contributed by atoms with Crippen molar-refractivity contribution in [2.24, 2.45) is 0 Å². The lowest BCUT2D eigenvalue weighted by molar-refractivity contribution is -0.286. The number of fused-ring (bicyclic) bond motifs is 2. The van der Waals surface area contributed by atoms with E-state index in [1.165, 1.54) is 29.4 Å². The van der Waals surface area contributed by atoms with Gasteiger partial charge in [-0.05, 0) is 49.6 Å². The molecule has 0 bridgehead atoms. The standard InChI is InChI=1S/C27H22ClF2N5O5/c1-2-3-19(36)14-8-15(10-16(28)9-14)23-24-25(32-13-31-24)26(38)34(33-23)12-22(37)35(17-4-5-17)18-6-7-20-21(11-18)40-27(29,30)39-20/h6-11,13,17H,2-5,12H2,1H3,(H,31,32). The third kappa shape index (κ3) is 4.79. The summed E-state index contributed by atoms with van der Waals surface area (Å²) in [6, 6.07) is 8.75. The zero-order valence-corrected chi connectivity index (χ0v) is 21.9. The molecule has 2 aromatic heterocycles. The molecule has 1 N–H and O–H groups in total. The summed E-state index contributed by atoms with van der Waals surface area (Å²) in [5.74, 6) is -0.888. The van der Waals surface area contributed by atoms with Gasteiger partial charge in [0, 0.05) is 40.4 Å². The van der Waals surface area contributed by atoms with Crippen LogP contribution in [0.2, 0.25) is 5.02 Å². The molecular formula is C27H22ClF2N5O5. The molecule has 1 aliphatic carbocycles. The van der Waals surface area contributed by atoms with Gasteiger partial charge in [0.05, 0.1) is 6.33 Å². The Labute approximate surface area is 230 Å². The van der Waals surface area contributed by atoms with Crippen LogP contribution >= 0.6 is 11.6 Å². The van der Waals surface area contributed by atoms with Gasteiger partial charge in [0.2, 0.25) is 5.91 Å². The maximum Gasteiger partial charge on any atom is 0.586 e. The van der Waals surface area contributed by atoms with Gasteiger partial charge in [-0.3, -0.25) is 14.4 Å². The number of nitrogens with zero attached hydrogens (tertiary/aromatic N) is 4. The molecule has 4 aromatic rings. The van der Waals surface area contributed by atoms with Crippen LogP contribution in [0.4, 0.5) is 14.5 Å². The summed E-state index contributed by atoms with van der Waals surface area (Å²) in [5.41, 5.74) is 1.27. The molecule has 6 rings (SSSR count). The molecule has 2 aliphatic rings. The molecule has 1 saturated carbocycles. The van der Waals surface area contributed by atoms with E-state index in [0.29, 0.717) is 47.5 Å². The molecule has 40 heavy (non-hydrogen) atoms. The molecule has 0 saturated heterocycles. The number of rotatable bonds is 8. The van der Waals surface area contributed by atoms with Crippen molar-refractivity contribution in [2.45, 2.75) is 51.5 Å². The Balaban J connectivity index is 1.37. The summed E-state index contributed by atoms with van der Waals surface area (Å²) in [6.45, 7) is 1.46. The largest absolute Gasteiger partial charge is 0.586 e. The minimum absolute atomic E-state index is 0.0883. The lowest BCUT2D eigenvalue weighted by atomic mass is 10.0. The van der Waals surface area contributed by atoms with Gasteiger partial charge in [0.25, 0.3) is 5.56 Å².